The molecule has 676 valence electrons. The largest absolute Gasteiger partial charge is 2.00 e. The Hall–Kier alpha value is -1.51. The maximum absolute atomic E-state index is 5.94. The predicted octanol–water partition coefficient (Wildman–Crippen LogP) is 35.6. The van der Waals surface area contributed by atoms with Crippen molar-refractivity contribution in [1.82, 2.24) is 0 Å². The van der Waals surface area contributed by atoms with E-state index in [-0.39, 0.29) is 224 Å². The molecule has 3 rings (SSSR count). The molecule has 1 aliphatic rings. The molecule has 0 aliphatic heterocycles. The van der Waals surface area contributed by atoms with E-state index < -0.39 is 0 Å². The fourth-order valence-electron chi connectivity index (χ4n) is 8.70. The molecule has 6 heteroatoms. The quantitative estimate of drug-likeness (QED) is 0.154. The molecule has 1 aliphatic carbocycles. The normalized spacial score (nSPS) is 13.4. The van der Waals surface area contributed by atoms with Gasteiger partial charge in [0, 0.05) is 5.57 Å². The minimum Gasteiger partial charge on any atom is -0.394 e. The van der Waals surface area contributed by atoms with Crippen molar-refractivity contribution >= 4 is 0 Å². The van der Waals surface area contributed by atoms with Crippen molar-refractivity contribution in [3.05, 3.63) is 251 Å². The van der Waals surface area contributed by atoms with Crippen LogP contribution in [0.4, 0.5) is 0 Å². The summed E-state index contributed by atoms with van der Waals surface area (Å²) in [5.41, 5.74) is 22.5. The van der Waals surface area contributed by atoms with Gasteiger partial charge in [-0.05, 0) is 72.5 Å². The van der Waals surface area contributed by atoms with Gasteiger partial charge in [-0.1, -0.05) is 434 Å². The standard InChI is InChI=1S/C14H22.C14H20.C14H22.6C12H20.6W/c1-13(2,3)11-7-9-12(10-8-11)14(4,5)6;1-13(2,3)11-8-7-9-12(10-11)14(4,5)6;1-13(2,3)11-9-7-8-10-12(11)14(4,5)6;2*1-10(12(5,6)7)8-9-11(2,3)4;1-9(11(3,4)5)10(2)12(6,7)8;1-11(2,3)9-7-8-10-12(4,5)6;2*1-8-10(12(5,6)7)9-11(2,3)4;;;;;;/h7-10H,1-6H3;8,10H,1-6H3;7-10H,1-6H3;2*1,8H,2-7H3;1-2H,3-8H3;7-8H,1-6H3;2*1,8H,2-7H3;;;;;;/q;;;6*-2;6*+2. The van der Waals surface area contributed by atoms with E-state index in [4.69, 9.17) is 39.5 Å². The van der Waals surface area contributed by atoms with Crippen LogP contribution in [0.3, 0.4) is 0 Å². The molecule has 2 aromatic rings. The Labute approximate surface area is 840 Å². The van der Waals surface area contributed by atoms with Crippen LogP contribution >= 0.6 is 0 Å². The van der Waals surface area contributed by atoms with Crippen LogP contribution in [0, 0.1) is 152 Å². The Morgan fingerprint density at radius 1 is 0.283 bits per heavy atom. The van der Waals surface area contributed by atoms with E-state index >= 15 is 0 Å². The molecule has 0 amide bonds. The minimum atomic E-state index is -0.0304. The van der Waals surface area contributed by atoms with Gasteiger partial charge in [-0.15, -0.1) is 65.0 Å². The maximum Gasteiger partial charge on any atom is 2.00 e. The third kappa shape index (κ3) is 78.7. The molecular formula is C114H184W6. The second kappa shape index (κ2) is 57.5. The van der Waals surface area contributed by atoms with Crippen molar-refractivity contribution in [1.29, 1.82) is 0 Å². The van der Waals surface area contributed by atoms with Crippen molar-refractivity contribution in [2.24, 2.45) is 75.8 Å². The maximum atomic E-state index is 5.94. The Bertz CT molecular complexity index is 3390. The summed E-state index contributed by atoms with van der Waals surface area (Å²) in [5, 5.41) is 0. The first-order chi connectivity index (χ1) is 49.5. The Morgan fingerprint density at radius 2 is 0.525 bits per heavy atom. The Kier molecular flexibility index (Phi) is 69.1. The summed E-state index contributed by atoms with van der Waals surface area (Å²) in [6.07, 6.45) is 35.1. The first-order valence-electron chi connectivity index (χ1n) is 42.0. The third-order valence-electron chi connectivity index (χ3n) is 16.6. The molecular weight excluding hydrogens is 2470 g/mol. The third-order valence-corrected chi connectivity index (χ3v) is 16.6. The monoisotopic (exact) mass is 2660 g/mol. The predicted molar refractivity (Wildman–Crippen MR) is 517 cm³/mol. The molecule has 0 nitrogen and oxygen atoms in total. The molecule has 0 heterocycles. The molecule has 120 heavy (non-hydrogen) atoms. The number of rotatable bonds is 6. The van der Waals surface area contributed by atoms with Gasteiger partial charge in [0.15, 0.2) is 0 Å². The number of hydrogen-bond acceptors (Lipinski definition) is 0. The van der Waals surface area contributed by atoms with Crippen molar-refractivity contribution in [2.45, 2.75) is 396 Å². The summed E-state index contributed by atoms with van der Waals surface area (Å²) < 4.78 is 0. The molecule has 0 unspecified atom stereocenters. The second-order valence-electron chi connectivity index (χ2n) is 49.4. The van der Waals surface area contributed by atoms with E-state index in [0.717, 1.165) is 33.4 Å². The summed E-state index contributed by atoms with van der Waals surface area (Å²) in [6.45, 7) is 151. The smallest absolute Gasteiger partial charge is 0.394 e. The van der Waals surface area contributed by atoms with Crippen LogP contribution in [-0.4, -0.2) is 0 Å². The van der Waals surface area contributed by atoms with Gasteiger partial charge >= 0.3 is 126 Å². The molecule has 0 saturated carbocycles. The summed E-state index contributed by atoms with van der Waals surface area (Å²) in [7, 11) is 0. The first kappa shape index (κ1) is 144. The fourth-order valence-corrected chi connectivity index (χ4v) is 8.70. The van der Waals surface area contributed by atoms with Crippen molar-refractivity contribution in [3.63, 3.8) is 0 Å². The van der Waals surface area contributed by atoms with Crippen LogP contribution in [0.15, 0.2) is 153 Å². The minimum absolute atomic E-state index is 0. The van der Waals surface area contributed by atoms with Crippen LogP contribution in [0.2, 0.25) is 0 Å². The average Bonchev–Trinajstić information content (AvgIpc) is 0.801. The molecule has 0 N–H and O–H groups in total. The fraction of sp³-hybridized carbons (Fsp3) is 0.632. The van der Waals surface area contributed by atoms with Crippen molar-refractivity contribution in [3.8, 4) is 0 Å². The summed E-state index contributed by atoms with van der Waals surface area (Å²) in [5.74, 6) is 0. The van der Waals surface area contributed by atoms with Gasteiger partial charge < -0.3 is 146 Å². The van der Waals surface area contributed by atoms with E-state index in [1.807, 2.05) is 30.4 Å². The van der Waals surface area contributed by atoms with Crippen molar-refractivity contribution in [2.75, 3.05) is 0 Å². The van der Waals surface area contributed by atoms with Crippen LogP contribution < -0.4 is 0 Å². The molecule has 0 bridgehead atoms. The Balaban J connectivity index is -0.000000109. The summed E-state index contributed by atoms with van der Waals surface area (Å²) in [4.78, 5) is 0. The zero-order chi connectivity index (χ0) is 92.9. The van der Waals surface area contributed by atoms with Gasteiger partial charge in [0.1, 0.15) is 0 Å². The molecule has 0 radical (unpaired) electrons. The SMILES string of the molecule is CC(C)(C)C1=C=C=CC(C(C)(C)C)=C1.CC(C)(C)[C-]=CC=[C-]C(C)(C)C.CC(C)(C)c1ccc(C(C)(C)C)cc1.CC(C)(C)c1ccccc1C(C)(C)C.[CH-]=C(C(=[CH-])C(C)(C)C)C(C)(C)C.[CH-]=C(C=[C-]C(C)(C)C)C(C)(C)C.[CH-]=C(C=[C-]C(C)(C)C)C(C)(C)C.[CH-]=CC(=[C-]C(C)(C)C)C(C)(C)C.[CH-]=CC(=[C-]C(C)(C)C)C(C)(C)C.[W+2].[W+2].[W+2].[W+2].[W+2].[W+2]. The van der Waals surface area contributed by atoms with Gasteiger partial charge in [-0.2, -0.15) is 0 Å². The van der Waals surface area contributed by atoms with Crippen LogP contribution in [0.5, 0.6) is 0 Å². The number of hydrogen-bond donors (Lipinski definition) is 0. The van der Waals surface area contributed by atoms with Gasteiger partial charge in [-0.3, -0.25) is 0 Å². The van der Waals surface area contributed by atoms with Gasteiger partial charge in [0.25, 0.3) is 0 Å². The van der Waals surface area contributed by atoms with Gasteiger partial charge in [0.05, 0.1) is 0 Å². The number of allylic oxidation sites excluding steroid dienone is 22. The summed E-state index contributed by atoms with van der Waals surface area (Å²) >= 11 is 0. The molecule has 0 saturated heterocycles. The summed E-state index contributed by atoms with van der Waals surface area (Å²) in [6, 6.07) is 17.8. The average molecular weight is 2660 g/mol. The van der Waals surface area contributed by atoms with Gasteiger partial charge in [-0.25, -0.2) is 0 Å². The number of benzene rings is 2. The van der Waals surface area contributed by atoms with Crippen molar-refractivity contribution < 1.29 is 126 Å². The zero-order valence-electron chi connectivity index (χ0n) is 88.2. The van der Waals surface area contributed by atoms with E-state index in [0.29, 0.717) is 0 Å². The van der Waals surface area contributed by atoms with Gasteiger partial charge in [0.2, 0.25) is 0 Å². The van der Waals surface area contributed by atoms with Crippen LogP contribution in [-0.2, 0) is 148 Å². The van der Waals surface area contributed by atoms with E-state index in [2.05, 4.69) is 476 Å². The van der Waals surface area contributed by atoms with E-state index in [9.17, 15) is 0 Å². The van der Waals surface area contributed by atoms with Crippen LogP contribution in [0.25, 0.3) is 0 Å². The Morgan fingerprint density at radius 3 is 0.675 bits per heavy atom. The molecule has 0 atom stereocenters. The molecule has 2 aromatic carbocycles. The molecule has 0 spiro atoms. The molecule has 0 fully saturated rings. The second-order valence-corrected chi connectivity index (χ2v) is 49.4. The van der Waals surface area contributed by atoms with E-state index in [1.165, 1.54) is 33.4 Å². The zero-order valence-corrected chi connectivity index (χ0v) is 106. The van der Waals surface area contributed by atoms with Crippen LogP contribution in [0.1, 0.15) is 396 Å². The molecule has 0 aromatic heterocycles. The van der Waals surface area contributed by atoms with E-state index in [1.54, 1.807) is 12.2 Å². The first-order valence-corrected chi connectivity index (χ1v) is 42.0. The topological polar surface area (TPSA) is 0 Å².